The summed E-state index contributed by atoms with van der Waals surface area (Å²) in [7, 11) is 11.6. The Kier molecular flexibility index (Phi) is 10.8. The van der Waals surface area contributed by atoms with E-state index in [0.717, 1.165) is 9.62 Å². The molecule has 1 aliphatic rings. The first-order valence-corrected chi connectivity index (χ1v) is 16.5. The van der Waals surface area contributed by atoms with Gasteiger partial charge < -0.3 is 0 Å². The first kappa shape index (κ1) is 16.7. The van der Waals surface area contributed by atoms with Crippen molar-refractivity contribution in [3.8, 4) is 0 Å². The molecule has 0 saturated carbocycles. The van der Waals surface area contributed by atoms with Gasteiger partial charge in [0, 0.05) is 0 Å². The van der Waals surface area contributed by atoms with Crippen molar-refractivity contribution in [2.24, 2.45) is 0 Å². The van der Waals surface area contributed by atoms with Gasteiger partial charge in [0.25, 0.3) is 0 Å². The molecular formula is C11H25Cl2PPt. The maximum atomic E-state index is 5.59. The van der Waals surface area contributed by atoms with Gasteiger partial charge in [0.2, 0.25) is 0 Å². The van der Waals surface area contributed by atoms with Crippen LogP contribution in [0.2, 0.25) is 9.62 Å². The van der Waals surface area contributed by atoms with Gasteiger partial charge in [-0.15, -0.1) is 7.92 Å². The molecule has 0 spiro atoms. The molecule has 1 fully saturated rings. The second-order valence-electron chi connectivity index (χ2n) is 3.70. The van der Waals surface area contributed by atoms with Crippen molar-refractivity contribution >= 4 is 26.8 Å². The summed E-state index contributed by atoms with van der Waals surface area (Å²) < 4.78 is 0. The Bertz CT molecular complexity index is 133. The topological polar surface area (TPSA) is 0 Å². The van der Waals surface area contributed by atoms with Crippen molar-refractivity contribution in [1.29, 1.82) is 0 Å². The Labute approximate surface area is 108 Å². The van der Waals surface area contributed by atoms with Crippen molar-refractivity contribution in [2.45, 2.75) is 49.7 Å². The molecule has 0 bridgehead atoms. The molecule has 1 rings (SSSR count). The zero-order valence-electron chi connectivity index (χ0n) is 10.2. The number of hydrogen-bond donors (Lipinski definition) is 0. The van der Waals surface area contributed by atoms with Crippen molar-refractivity contribution < 1.29 is 14.0 Å². The van der Waals surface area contributed by atoms with Crippen LogP contribution in [0.3, 0.4) is 0 Å². The Morgan fingerprint density at radius 1 is 0.867 bits per heavy atom. The second-order valence-corrected chi connectivity index (χ2v) is 21.0. The fourth-order valence-electron chi connectivity index (χ4n) is 1.32. The van der Waals surface area contributed by atoms with Crippen molar-refractivity contribution in [3.05, 3.63) is 0 Å². The first-order chi connectivity index (χ1) is 7.05. The molecule has 0 aliphatic carbocycles. The first-order valence-electron chi connectivity index (χ1n) is 5.76. The molecule has 15 heavy (non-hydrogen) atoms. The molecule has 4 heteroatoms. The summed E-state index contributed by atoms with van der Waals surface area (Å²) in [6.45, 7) is 6.92. The maximum absolute atomic E-state index is 5.59. The third kappa shape index (κ3) is 12.0. The van der Waals surface area contributed by atoms with Crippen LogP contribution in [-0.4, -0.2) is 18.5 Å². The van der Waals surface area contributed by atoms with Gasteiger partial charge in [0.05, 0.1) is 0 Å². The minimum atomic E-state index is -1.75. The molecular weight excluding hydrogens is 429 g/mol. The SMILES string of the molecule is CCCP(CCC)CCC.[Cl][Pt]1([Cl])[CH2][CH2]1. The van der Waals surface area contributed by atoms with E-state index >= 15 is 0 Å². The van der Waals surface area contributed by atoms with Gasteiger partial charge in [-0.1, -0.05) is 40.0 Å². The van der Waals surface area contributed by atoms with Gasteiger partial charge in [0.1, 0.15) is 0 Å². The predicted octanol–water partition coefficient (Wildman–Crippen LogP) is 6.00. The third-order valence-corrected chi connectivity index (χ3v) is 12.0. The van der Waals surface area contributed by atoms with Crippen LogP contribution in [0.5, 0.6) is 0 Å². The second kappa shape index (κ2) is 9.70. The van der Waals surface area contributed by atoms with Crippen LogP contribution in [-0.2, 0) is 14.0 Å². The molecule has 0 N–H and O–H groups in total. The van der Waals surface area contributed by atoms with E-state index in [2.05, 4.69) is 20.8 Å². The molecule has 0 nitrogen and oxygen atoms in total. The molecule has 0 aromatic rings. The molecule has 0 atom stereocenters. The monoisotopic (exact) mass is 453 g/mol. The van der Waals surface area contributed by atoms with Crippen LogP contribution in [0.25, 0.3) is 0 Å². The van der Waals surface area contributed by atoms with Crippen LogP contribution in [0.4, 0.5) is 0 Å². The Hall–Kier alpha value is 1.70. The van der Waals surface area contributed by atoms with Gasteiger partial charge in [0.15, 0.2) is 0 Å². The van der Waals surface area contributed by atoms with Crippen LogP contribution >= 0.6 is 26.8 Å². The standard InChI is InChI=1S/C9H21P.C2H4.2ClH.Pt/c1-4-7-10(8-5-2)9-6-3;1-2;;;/h4-9H2,1-3H3;1-2H2;2*1H;/q;;;;+2/p-2. The zero-order chi connectivity index (χ0) is 11.7. The van der Waals surface area contributed by atoms with E-state index in [1.807, 2.05) is 0 Å². The fourth-order valence-corrected chi connectivity index (χ4v) is 11.4. The van der Waals surface area contributed by atoms with Gasteiger partial charge in [-0.2, -0.15) is 0 Å². The quantitative estimate of drug-likeness (QED) is 0.433. The molecule has 0 aromatic heterocycles. The van der Waals surface area contributed by atoms with E-state index in [1.165, 1.54) is 37.7 Å². The van der Waals surface area contributed by atoms with Crippen molar-refractivity contribution in [1.82, 2.24) is 0 Å². The minimum absolute atomic E-state index is 0.439. The summed E-state index contributed by atoms with van der Waals surface area (Å²) in [6.07, 6.45) is 8.72. The van der Waals surface area contributed by atoms with E-state index < -0.39 is 14.0 Å². The summed E-state index contributed by atoms with van der Waals surface area (Å²) in [5.74, 6) is 0. The predicted molar refractivity (Wildman–Crippen MR) is 73.7 cm³/mol. The molecule has 1 heterocycles. The molecule has 0 unspecified atom stereocenters. The van der Waals surface area contributed by atoms with E-state index in [9.17, 15) is 0 Å². The average Bonchev–Trinajstić information content (AvgIpc) is 2.84. The van der Waals surface area contributed by atoms with Crippen LogP contribution in [0, 0.1) is 0 Å². The summed E-state index contributed by atoms with van der Waals surface area (Å²) in [4.78, 5) is 2.33. The van der Waals surface area contributed by atoms with E-state index in [4.69, 9.17) is 18.8 Å². The number of halogens is 2. The third-order valence-electron chi connectivity index (χ3n) is 2.02. The van der Waals surface area contributed by atoms with Crippen LogP contribution in [0.15, 0.2) is 0 Å². The Morgan fingerprint density at radius 2 is 1.13 bits per heavy atom. The van der Waals surface area contributed by atoms with Crippen molar-refractivity contribution in [2.75, 3.05) is 18.5 Å². The van der Waals surface area contributed by atoms with Crippen LogP contribution < -0.4 is 0 Å². The Morgan fingerprint density at radius 3 is 1.27 bits per heavy atom. The van der Waals surface area contributed by atoms with E-state index in [-0.39, 0.29) is 0 Å². The van der Waals surface area contributed by atoms with Gasteiger partial charge in [-0.05, 0) is 18.5 Å². The molecule has 1 aliphatic heterocycles. The van der Waals surface area contributed by atoms with Crippen molar-refractivity contribution in [3.63, 3.8) is 0 Å². The fraction of sp³-hybridized carbons (Fsp3) is 1.00. The van der Waals surface area contributed by atoms with E-state index in [0.29, 0.717) is 7.92 Å². The Balaban J connectivity index is 0.000000322. The van der Waals surface area contributed by atoms with Gasteiger partial charge >= 0.3 is 42.4 Å². The van der Waals surface area contributed by atoms with Crippen LogP contribution in [0.1, 0.15) is 40.0 Å². The molecule has 0 amide bonds. The average molecular weight is 454 g/mol. The zero-order valence-corrected chi connectivity index (χ0v) is 14.9. The van der Waals surface area contributed by atoms with Gasteiger partial charge in [-0.3, -0.25) is 0 Å². The number of rotatable bonds is 6. The van der Waals surface area contributed by atoms with Gasteiger partial charge in [-0.25, -0.2) is 0 Å². The number of hydrogen-bond acceptors (Lipinski definition) is 0. The molecule has 1 saturated heterocycles. The molecule has 0 radical (unpaired) electrons. The normalized spacial score (nSPS) is 19.3. The summed E-state index contributed by atoms with van der Waals surface area (Å²) in [5, 5.41) is 0. The summed E-state index contributed by atoms with van der Waals surface area (Å²) in [6, 6.07) is 0. The molecule has 0 aromatic carbocycles. The summed E-state index contributed by atoms with van der Waals surface area (Å²) in [5.41, 5.74) is 0. The summed E-state index contributed by atoms with van der Waals surface area (Å²) >= 11 is -1.75. The van der Waals surface area contributed by atoms with E-state index in [1.54, 1.807) is 0 Å². The molecule has 98 valence electrons.